The van der Waals surface area contributed by atoms with Gasteiger partial charge < -0.3 is 5.11 Å². The molecule has 0 bridgehead atoms. The Balaban J connectivity index is 1.99. The minimum Gasteiger partial charge on any atom is -0.390 e. The SMILES string of the molecule is CCC(C)(O)C1CC2CC(C(C)C)C21. The molecule has 2 rings (SSSR count). The van der Waals surface area contributed by atoms with Crippen molar-refractivity contribution in [2.24, 2.45) is 29.6 Å². The van der Waals surface area contributed by atoms with Gasteiger partial charge in [0, 0.05) is 0 Å². The summed E-state index contributed by atoms with van der Waals surface area (Å²) < 4.78 is 0. The third-order valence-electron chi connectivity index (χ3n) is 5.01. The molecule has 2 saturated carbocycles. The van der Waals surface area contributed by atoms with Crippen molar-refractivity contribution in [2.45, 2.75) is 52.6 Å². The fourth-order valence-corrected chi connectivity index (χ4v) is 3.63. The molecule has 0 radical (unpaired) electrons. The van der Waals surface area contributed by atoms with E-state index in [1.165, 1.54) is 12.8 Å². The number of hydrogen-bond donors (Lipinski definition) is 1. The van der Waals surface area contributed by atoms with Crippen LogP contribution in [0.2, 0.25) is 0 Å². The van der Waals surface area contributed by atoms with Crippen LogP contribution in [0.3, 0.4) is 0 Å². The van der Waals surface area contributed by atoms with Gasteiger partial charge in [0.2, 0.25) is 0 Å². The normalized spacial score (nSPS) is 45.0. The minimum absolute atomic E-state index is 0.394. The Morgan fingerprint density at radius 1 is 1.36 bits per heavy atom. The molecule has 2 aliphatic carbocycles. The van der Waals surface area contributed by atoms with Crippen molar-refractivity contribution in [3.8, 4) is 0 Å². The molecule has 0 aromatic heterocycles. The summed E-state index contributed by atoms with van der Waals surface area (Å²) in [5, 5.41) is 10.3. The summed E-state index contributed by atoms with van der Waals surface area (Å²) >= 11 is 0. The van der Waals surface area contributed by atoms with Gasteiger partial charge in [-0.15, -0.1) is 0 Å². The Hall–Kier alpha value is -0.0400. The highest BCUT2D eigenvalue weighted by Gasteiger charge is 2.58. The lowest BCUT2D eigenvalue weighted by atomic mass is 9.43. The second kappa shape index (κ2) is 3.23. The van der Waals surface area contributed by atoms with Gasteiger partial charge in [0.05, 0.1) is 5.60 Å². The Kier molecular flexibility index (Phi) is 2.42. The summed E-state index contributed by atoms with van der Waals surface area (Å²) in [7, 11) is 0. The van der Waals surface area contributed by atoms with Gasteiger partial charge in [-0.2, -0.15) is 0 Å². The van der Waals surface area contributed by atoms with E-state index in [2.05, 4.69) is 20.8 Å². The summed E-state index contributed by atoms with van der Waals surface area (Å²) in [5.41, 5.74) is -0.394. The summed E-state index contributed by atoms with van der Waals surface area (Å²) in [6, 6.07) is 0. The van der Waals surface area contributed by atoms with Crippen molar-refractivity contribution < 1.29 is 5.11 Å². The zero-order chi connectivity index (χ0) is 10.5. The van der Waals surface area contributed by atoms with E-state index in [1.807, 2.05) is 6.92 Å². The van der Waals surface area contributed by atoms with Crippen LogP contribution >= 0.6 is 0 Å². The second-order valence-electron chi connectivity index (χ2n) is 6.03. The lowest BCUT2D eigenvalue weighted by molar-refractivity contribution is -0.187. The van der Waals surface area contributed by atoms with Crippen LogP contribution in [0, 0.1) is 29.6 Å². The molecular weight excluding hydrogens is 172 g/mol. The number of hydrogen-bond acceptors (Lipinski definition) is 1. The Morgan fingerprint density at radius 2 is 2.00 bits per heavy atom. The zero-order valence-corrected chi connectivity index (χ0v) is 9.96. The molecule has 0 heterocycles. The maximum absolute atomic E-state index is 10.3. The maximum Gasteiger partial charge on any atom is 0.0648 e. The van der Waals surface area contributed by atoms with Crippen molar-refractivity contribution in [1.82, 2.24) is 0 Å². The molecule has 1 heteroatoms. The lowest BCUT2D eigenvalue weighted by Crippen LogP contribution is -2.60. The summed E-state index contributed by atoms with van der Waals surface area (Å²) in [4.78, 5) is 0. The largest absolute Gasteiger partial charge is 0.390 e. The Morgan fingerprint density at radius 3 is 2.43 bits per heavy atom. The predicted octanol–water partition coefficient (Wildman–Crippen LogP) is 3.08. The topological polar surface area (TPSA) is 20.2 Å². The van der Waals surface area contributed by atoms with Gasteiger partial charge in [-0.1, -0.05) is 20.8 Å². The average Bonchev–Trinajstić information content (AvgIpc) is 2.07. The van der Waals surface area contributed by atoms with Gasteiger partial charge in [-0.05, 0) is 55.8 Å². The van der Waals surface area contributed by atoms with E-state index in [4.69, 9.17) is 0 Å². The van der Waals surface area contributed by atoms with Crippen molar-refractivity contribution in [3.05, 3.63) is 0 Å². The van der Waals surface area contributed by atoms with Crippen LogP contribution in [-0.2, 0) is 0 Å². The smallest absolute Gasteiger partial charge is 0.0648 e. The highest BCUT2D eigenvalue weighted by atomic mass is 16.3. The fourth-order valence-electron chi connectivity index (χ4n) is 3.63. The van der Waals surface area contributed by atoms with Crippen LogP contribution < -0.4 is 0 Å². The first kappa shape index (κ1) is 10.5. The van der Waals surface area contributed by atoms with Crippen LogP contribution in [0.5, 0.6) is 0 Å². The van der Waals surface area contributed by atoms with E-state index in [9.17, 15) is 5.11 Å². The van der Waals surface area contributed by atoms with E-state index in [-0.39, 0.29) is 0 Å². The van der Waals surface area contributed by atoms with Crippen molar-refractivity contribution in [1.29, 1.82) is 0 Å². The third kappa shape index (κ3) is 1.32. The lowest BCUT2D eigenvalue weighted by Gasteiger charge is -2.63. The van der Waals surface area contributed by atoms with Crippen LogP contribution in [0.15, 0.2) is 0 Å². The molecule has 0 aliphatic heterocycles. The zero-order valence-electron chi connectivity index (χ0n) is 9.96. The van der Waals surface area contributed by atoms with Crippen LogP contribution in [0.4, 0.5) is 0 Å². The molecule has 0 aromatic carbocycles. The first-order valence-electron chi connectivity index (χ1n) is 6.19. The Bertz CT molecular complexity index is 219. The number of fused-ring (bicyclic) bond motifs is 1. The van der Waals surface area contributed by atoms with E-state index in [0.717, 1.165) is 30.1 Å². The van der Waals surface area contributed by atoms with Gasteiger partial charge >= 0.3 is 0 Å². The monoisotopic (exact) mass is 196 g/mol. The van der Waals surface area contributed by atoms with E-state index in [1.54, 1.807) is 0 Å². The first-order valence-corrected chi connectivity index (χ1v) is 6.19. The third-order valence-corrected chi connectivity index (χ3v) is 5.01. The first-order chi connectivity index (χ1) is 6.47. The van der Waals surface area contributed by atoms with Crippen molar-refractivity contribution in [2.75, 3.05) is 0 Å². The molecule has 14 heavy (non-hydrogen) atoms. The van der Waals surface area contributed by atoms with E-state index < -0.39 is 5.60 Å². The predicted molar refractivity (Wildman–Crippen MR) is 58.9 cm³/mol. The molecule has 82 valence electrons. The minimum atomic E-state index is -0.394. The molecule has 1 N–H and O–H groups in total. The van der Waals surface area contributed by atoms with Crippen molar-refractivity contribution >= 4 is 0 Å². The fraction of sp³-hybridized carbons (Fsp3) is 1.00. The highest BCUT2D eigenvalue weighted by Crippen LogP contribution is 2.63. The molecule has 1 nitrogen and oxygen atoms in total. The van der Waals surface area contributed by atoms with Gasteiger partial charge in [0.25, 0.3) is 0 Å². The van der Waals surface area contributed by atoms with Gasteiger partial charge in [0.1, 0.15) is 0 Å². The van der Waals surface area contributed by atoms with Gasteiger partial charge in [0.15, 0.2) is 0 Å². The van der Waals surface area contributed by atoms with E-state index in [0.29, 0.717) is 5.92 Å². The van der Waals surface area contributed by atoms with Crippen LogP contribution in [0.25, 0.3) is 0 Å². The summed E-state index contributed by atoms with van der Waals surface area (Å²) in [5.74, 6) is 4.12. The molecule has 5 atom stereocenters. The van der Waals surface area contributed by atoms with Gasteiger partial charge in [-0.25, -0.2) is 0 Å². The quantitative estimate of drug-likeness (QED) is 0.735. The highest BCUT2D eigenvalue weighted by molar-refractivity contribution is 5.07. The molecule has 0 saturated heterocycles. The van der Waals surface area contributed by atoms with Crippen LogP contribution in [0.1, 0.15) is 47.0 Å². The standard InChI is InChI=1S/C13H24O/c1-5-13(4,14)11-7-9-6-10(8(2)3)12(9)11/h8-12,14H,5-7H2,1-4H3. The van der Waals surface area contributed by atoms with Gasteiger partial charge in [-0.3, -0.25) is 0 Å². The molecule has 2 fully saturated rings. The number of rotatable bonds is 3. The van der Waals surface area contributed by atoms with Crippen LogP contribution in [-0.4, -0.2) is 10.7 Å². The summed E-state index contributed by atoms with van der Waals surface area (Å²) in [6.07, 6.45) is 3.62. The van der Waals surface area contributed by atoms with Crippen molar-refractivity contribution in [3.63, 3.8) is 0 Å². The average molecular weight is 196 g/mol. The Labute approximate surface area is 87.9 Å². The molecule has 2 aliphatic rings. The number of aliphatic hydroxyl groups is 1. The molecule has 0 amide bonds. The molecule has 0 aromatic rings. The summed E-state index contributed by atoms with van der Waals surface area (Å²) in [6.45, 7) is 8.80. The molecular formula is C13H24O. The van der Waals surface area contributed by atoms with E-state index >= 15 is 0 Å². The molecule has 0 spiro atoms. The molecule has 5 unspecified atom stereocenters. The second-order valence-corrected chi connectivity index (χ2v) is 6.03. The maximum atomic E-state index is 10.3.